The number of aromatic nitrogens is 4. The van der Waals surface area contributed by atoms with Gasteiger partial charge in [0.2, 0.25) is 5.75 Å². The van der Waals surface area contributed by atoms with Crippen LogP contribution in [-0.2, 0) is 24.4 Å². The SMILES string of the molecule is COc1ccccc1Oc1c(OC)nc(-c2ccncc2)nc1N(C(C)OC(=O)CCCCCCCO[N+](=O)[O-])S(=O)(=O)c1ccc(C)cn1. The predicted octanol–water partition coefficient (Wildman–Crippen LogP) is 5.68. The molecule has 0 aliphatic heterocycles. The van der Waals surface area contributed by atoms with E-state index in [1.54, 1.807) is 49.4 Å². The Morgan fingerprint density at radius 3 is 2.30 bits per heavy atom. The van der Waals surface area contributed by atoms with E-state index in [-0.39, 0.29) is 47.1 Å². The van der Waals surface area contributed by atoms with Crippen LogP contribution in [0.15, 0.2) is 72.1 Å². The summed E-state index contributed by atoms with van der Waals surface area (Å²) >= 11 is 0. The summed E-state index contributed by atoms with van der Waals surface area (Å²) in [7, 11) is -1.80. The van der Waals surface area contributed by atoms with Crippen LogP contribution in [0.1, 0.15) is 51.0 Å². The Kier molecular flexibility index (Phi) is 13.2. The third-order valence-electron chi connectivity index (χ3n) is 7.20. The second-order valence-corrected chi connectivity index (χ2v) is 12.6. The molecule has 3 aromatic heterocycles. The third kappa shape index (κ3) is 9.74. The van der Waals surface area contributed by atoms with Crippen LogP contribution in [0.3, 0.4) is 0 Å². The number of nitrogens with zero attached hydrogens (tertiary/aromatic N) is 6. The number of sulfonamides is 1. The van der Waals surface area contributed by atoms with Gasteiger partial charge in [-0.05, 0) is 62.6 Å². The Bertz CT molecular complexity index is 1850. The van der Waals surface area contributed by atoms with Crippen molar-refractivity contribution in [2.75, 3.05) is 25.1 Å². The van der Waals surface area contributed by atoms with Crippen LogP contribution >= 0.6 is 0 Å². The first-order valence-electron chi connectivity index (χ1n) is 15.7. The van der Waals surface area contributed by atoms with E-state index in [0.29, 0.717) is 43.4 Å². The molecule has 0 N–H and O–H groups in total. The van der Waals surface area contributed by atoms with Crippen molar-refractivity contribution >= 4 is 21.8 Å². The summed E-state index contributed by atoms with van der Waals surface area (Å²) in [5.41, 5.74) is 1.22. The van der Waals surface area contributed by atoms with E-state index in [9.17, 15) is 23.3 Å². The topological polar surface area (TPSA) is 195 Å². The first-order chi connectivity index (χ1) is 24.0. The average molecular weight is 711 g/mol. The molecule has 50 heavy (non-hydrogen) atoms. The zero-order valence-corrected chi connectivity index (χ0v) is 28.9. The minimum Gasteiger partial charge on any atom is -0.493 e. The summed E-state index contributed by atoms with van der Waals surface area (Å²) in [6.45, 7) is 3.17. The molecular weight excluding hydrogens is 672 g/mol. The van der Waals surface area contributed by atoms with Gasteiger partial charge in [0.15, 0.2) is 34.4 Å². The number of hydrogen-bond acceptors (Lipinski definition) is 14. The van der Waals surface area contributed by atoms with E-state index in [0.717, 1.165) is 9.87 Å². The van der Waals surface area contributed by atoms with Gasteiger partial charge in [-0.1, -0.05) is 37.5 Å². The third-order valence-corrected chi connectivity index (χ3v) is 8.96. The summed E-state index contributed by atoms with van der Waals surface area (Å²) in [4.78, 5) is 45.1. The molecule has 3 heterocycles. The van der Waals surface area contributed by atoms with Gasteiger partial charge in [-0.3, -0.25) is 9.78 Å². The molecule has 266 valence electrons. The smallest absolute Gasteiger partial charge is 0.307 e. The van der Waals surface area contributed by atoms with Gasteiger partial charge in [0, 0.05) is 30.6 Å². The highest BCUT2D eigenvalue weighted by Crippen LogP contribution is 2.44. The van der Waals surface area contributed by atoms with Crippen molar-refractivity contribution in [2.24, 2.45) is 0 Å². The number of carbonyl (C=O) groups excluding carboxylic acids is 1. The number of methoxy groups -OCH3 is 2. The van der Waals surface area contributed by atoms with E-state index >= 15 is 0 Å². The van der Waals surface area contributed by atoms with Crippen LogP contribution in [0.25, 0.3) is 11.4 Å². The van der Waals surface area contributed by atoms with Gasteiger partial charge in [0.25, 0.3) is 21.0 Å². The predicted molar refractivity (Wildman–Crippen MR) is 180 cm³/mol. The zero-order chi connectivity index (χ0) is 36.1. The van der Waals surface area contributed by atoms with Crippen LogP contribution in [0.5, 0.6) is 23.1 Å². The molecule has 0 spiro atoms. The van der Waals surface area contributed by atoms with Crippen molar-refractivity contribution < 1.29 is 42.1 Å². The van der Waals surface area contributed by atoms with Gasteiger partial charge in [0.1, 0.15) is 0 Å². The van der Waals surface area contributed by atoms with Crippen molar-refractivity contribution in [3.05, 3.63) is 82.8 Å². The van der Waals surface area contributed by atoms with Crippen molar-refractivity contribution in [1.82, 2.24) is 19.9 Å². The van der Waals surface area contributed by atoms with Gasteiger partial charge in [-0.2, -0.15) is 13.4 Å². The number of rotatable bonds is 19. The molecule has 0 amide bonds. The Morgan fingerprint density at radius 2 is 1.64 bits per heavy atom. The Balaban J connectivity index is 1.75. The van der Waals surface area contributed by atoms with Crippen molar-refractivity contribution in [3.63, 3.8) is 0 Å². The van der Waals surface area contributed by atoms with Crippen LogP contribution < -0.4 is 18.5 Å². The summed E-state index contributed by atoms with van der Waals surface area (Å²) < 4.78 is 52.9. The largest absolute Gasteiger partial charge is 0.493 e. The first-order valence-corrected chi connectivity index (χ1v) is 17.1. The monoisotopic (exact) mass is 710 g/mol. The van der Waals surface area contributed by atoms with Crippen LogP contribution in [-0.4, -0.2) is 66.5 Å². The fourth-order valence-electron chi connectivity index (χ4n) is 4.77. The van der Waals surface area contributed by atoms with Gasteiger partial charge in [0.05, 0.1) is 20.8 Å². The van der Waals surface area contributed by atoms with Gasteiger partial charge >= 0.3 is 5.97 Å². The maximum atomic E-state index is 14.5. The molecule has 16 nitrogen and oxygen atoms in total. The number of unbranched alkanes of at least 4 members (excludes halogenated alkanes) is 4. The van der Waals surface area contributed by atoms with E-state index < -0.39 is 27.3 Å². The Labute approximate surface area is 289 Å². The Morgan fingerprint density at radius 1 is 0.940 bits per heavy atom. The number of benzene rings is 1. The number of pyridine rings is 2. The number of ether oxygens (including phenoxy) is 4. The van der Waals surface area contributed by atoms with E-state index in [1.165, 1.54) is 45.8 Å². The lowest BCUT2D eigenvalue weighted by Crippen LogP contribution is -2.42. The van der Waals surface area contributed by atoms with Crippen molar-refractivity contribution in [2.45, 2.75) is 63.6 Å². The number of aryl methyl sites for hydroxylation is 1. The van der Waals surface area contributed by atoms with Crippen molar-refractivity contribution in [1.29, 1.82) is 0 Å². The lowest BCUT2D eigenvalue weighted by atomic mass is 10.1. The highest BCUT2D eigenvalue weighted by Gasteiger charge is 2.38. The fourth-order valence-corrected chi connectivity index (χ4v) is 6.18. The standard InChI is InChI=1S/C33H38N6O10S/c1-23-15-16-28(35-22-23)50(43,44)38(24(2)48-29(40)14-8-6-5-7-11-21-47-39(41)42)32-30(49-27-13-10-9-12-26(27)45-3)33(46-4)37-31(36-32)25-17-19-34-20-18-25/h9-10,12-13,15-20,22,24H,5-8,11,14,21H2,1-4H3. The molecule has 0 saturated heterocycles. The number of para-hydroxylation sites is 2. The minimum atomic E-state index is -4.60. The molecule has 0 fully saturated rings. The summed E-state index contributed by atoms with van der Waals surface area (Å²) in [6, 6.07) is 12.9. The van der Waals surface area contributed by atoms with Gasteiger partial charge < -0.3 is 23.8 Å². The normalized spacial score (nSPS) is 11.7. The van der Waals surface area contributed by atoms with E-state index in [4.69, 9.17) is 18.9 Å². The number of hydrogen-bond donors (Lipinski definition) is 0. The Hall–Kier alpha value is -5.58. The average Bonchev–Trinajstić information content (AvgIpc) is 3.10. The zero-order valence-electron chi connectivity index (χ0n) is 28.1. The highest BCUT2D eigenvalue weighted by molar-refractivity contribution is 7.92. The lowest BCUT2D eigenvalue weighted by molar-refractivity contribution is -0.757. The highest BCUT2D eigenvalue weighted by atomic mass is 32.2. The molecule has 4 rings (SSSR count). The number of carbonyl (C=O) groups is 1. The molecule has 0 aliphatic rings. The van der Waals surface area contributed by atoms with Gasteiger partial charge in [-0.25, -0.2) is 14.3 Å². The maximum absolute atomic E-state index is 14.5. The first kappa shape index (κ1) is 37.2. The van der Waals surface area contributed by atoms with Crippen LogP contribution in [0, 0.1) is 17.0 Å². The molecular formula is C33H38N6O10S. The number of esters is 1. The molecule has 0 bridgehead atoms. The van der Waals surface area contributed by atoms with Crippen molar-refractivity contribution in [3.8, 4) is 34.5 Å². The summed E-state index contributed by atoms with van der Waals surface area (Å²) in [6.07, 6.45) is 5.98. The van der Waals surface area contributed by atoms with Crippen LogP contribution in [0.4, 0.5) is 5.82 Å². The molecule has 1 unspecified atom stereocenters. The van der Waals surface area contributed by atoms with Crippen LogP contribution in [0.2, 0.25) is 0 Å². The molecule has 0 aliphatic carbocycles. The quantitative estimate of drug-likeness (QED) is 0.0379. The lowest BCUT2D eigenvalue weighted by Gasteiger charge is -2.30. The number of anilines is 1. The minimum absolute atomic E-state index is 0.00611. The summed E-state index contributed by atoms with van der Waals surface area (Å²) in [5.74, 6) is -0.663. The van der Waals surface area contributed by atoms with Gasteiger partial charge in [-0.15, -0.1) is 10.1 Å². The molecule has 0 radical (unpaired) electrons. The molecule has 1 aromatic carbocycles. The molecule has 1 atom stereocenters. The second kappa shape index (κ2) is 17.7. The molecule has 0 saturated carbocycles. The van der Waals surface area contributed by atoms with E-state index in [1.807, 2.05) is 0 Å². The maximum Gasteiger partial charge on any atom is 0.307 e. The molecule has 4 aromatic rings. The second-order valence-electron chi connectivity index (χ2n) is 10.8. The molecule has 17 heteroatoms. The van der Waals surface area contributed by atoms with E-state index in [2.05, 4.69) is 24.8 Å². The fraction of sp³-hybridized carbons (Fsp3) is 0.364. The summed E-state index contributed by atoms with van der Waals surface area (Å²) in [5, 5.41) is 9.12.